The van der Waals surface area contributed by atoms with E-state index in [2.05, 4.69) is 5.32 Å². The van der Waals surface area contributed by atoms with E-state index in [4.69, 9.17) is 4.42 Å². The van der Waals surface area contributed by atoms with E-state index in [0.717, 1.165) is 6.07 Å². The van der Waals surface area contributed by atoms with E-state index < -0.39 is 11.4 Å². The molecule has 2 aromatic rings. The van der Waals surface area contributed by atoms with Crippen LogP contribution in [0.5, 0.6) is 0 Å². The van der Waals surface area contributed by atoms with Crippen molar-refractivity contribution in [3.8, 4) is 0 Å². The van der Waals surface area contributed by atoms with Gasteiger partial charge in [-0.05, 0) is 17.7 Å². The number of benzene rings is 1. The first-order valence-electron chi connectivity index (χ1n) is 5.03. The van der Waals surface area contributed by atoms with Crippen LogP contribution in [0.3, 0.4) is 0 Å². The summed E-state index contributed by atoms with van der Waals surface area (Å²) in [6, 6.07) is 5.23. The van der Waals surface area contributed by atoms with Crippen molar-refractivity contribution in [2.45, 2.75) is 13.5 Å². The molecule has 0 aliphatic rings. The molecule has 0 unspecified atom stereocenters. The van der Waals surface area contributed by atoms with Crippen molar-refractivity contribution in [3.63, 3.8) is 0 Å². The largest absolute Gasteiger partial charge is 0.423 e. The van der Waals surface area contributed by atoms with Crippen LogP contribution in [0.2, 0.25) is 0 Å². The Labute approximate surface area is 96.1 Å². The number of hydrogen-bond acceptors (Lipinski definition) is 3. The van der Waals surface area contributed by atoms with Gasteiger partial charge in [-0.25, -0.2) is 9.18 Å². The van der Waals surface area contributed by atoms with E-state index in [1.807, 2.05) is 0 Å². The third kappa shape index (κ3) is 2.50. The molecule has 0 atom stereocenters. The van der Waals surface area contributed by atoms with Crippen molar-refractivity contribution in [3.05, 3.63) is 46.1 Å². The zero-order valence-electron chi connectivity index (χ0n) is 9.12. The second-order valence-electron chi connectivity index (χ2n) is 3.64. The summed E-state index contributed by atoms with van der Waals surface area (Å²) in [5.41, 5.74) is 0.216. The summed E-state index contributed by atoms with van der Waals surface area (Å²) in [6.45, 7) is 1.59. The second kappa shape index (κ2) is 4.37. The molecule has 0 aliphatic carbocycles. The average Bonchev–Trinajstić information content (AvgIpc) is 2.24. The highest BCUT2D eigenvalue weighted by Crippen LogP contribution is 2.17. The first kappa shape index (κ1) is 11.3. The van der Waals surface area contributed by atoms with Crippen LogP contribution < -0.4 is 10.9 Å². The topological polar surface area (TPSA) is 59.3 Å². The van der Waals surface area contributed by atoms with Crippen molar-refractivity contribution in [1.82, 2.24) is 5.32 Å². The lowest BCUT2D eigenvalue weighted by atomic mass is 10.1. The average molecular weight is 235 g/mol. The number of amides is 1. The molecule has 0 spiro atoms. The van der Waals surface area contributed by atoms with Gasteiger partial charge < -0.3 is 9.73 Å². The SMILES string of the molecule is CC(=O)NCc1cc(=O)oc2cc(F)ccc12. The van der Waals surface area contributed by atoms with Gasteiger partial charge in [-0.3, -0.25) is 4.79 Å². The Morgan fingerprint density at radius 1 is 1.41 bits per heavy atom. The maximum Gasteiger partial charge on any atom is 0.336 e. The van der Waals surface area contributed by atoms with Crippen LogP contribution in [0.4, 0.5) is 4.39 Å². The smallest absolute Gasteiger partial charge is 0.336 e. The van der Waals surface area contributed by atoms with Gasteiger partial charge in [0.2, 0.25) is 5.91 Å². The first-order valence-corrected chi connectivity index (χ1v) is 5.03. The lowest BCUT2D eigenvalue weighted by molar-refractivity contribution is -0.119. The normalized spacial score (nSPS) is 10.5. The van der Waals surface area contributed by atoms with Gasteiger partial charge in [0.15, 0.2) is 0 Å². The highest BCUT2D eigenvalue weighted by atomic mass is 19.1. The molecule has 1 N–H and O–H groups in total. The molecule has 17 heavy (non-hydrogen) atoms. The standard InChI is InChI=1S/C12H10FNO3/c1-7(15)14-6-8-4-12(16)17-11-5-9(13)2-3-10(8)11/h2-5H,6H2,1H3,(H,14,15). The zero-order valence-corrected chi connectivity index (χ0v) is 9.12. The molecule has 0 aliphatic heterocycles. The van der Waals surface area contributed by atoms with Crippen LogP contribution in [0.1, 0.15) is 12.5 Å². The summed E-state index contributed by atoms with van der Waals surface area (Å²) in [4.78, 5) is 22.1. The quantitative estimate of drug-likeness (QED) is 0.804. The first-order chi connectivity index (χ1) is 8.06. The number of carbonyl (C=O) groups excluding carboxylic acids is 1. The maximum atomic E-state index is 13.0. The molecule has 1 heterocycles. The summed E-state index contributed by atoms with van der Waals surface area (Å²) < 4.78 is 17.9. The Bertz CT molecular complexity index is 633. The van der Waals surface area contributed by atoms with Gasteiger partial charge in [0, 0.05) is 31.0 Å². The van der Waals surface area contributed by atoms with E-state index in [9.17, 15) is 14.0 Å². The maximum absolute atomic E-state index is 13.0. The molecule has 4 nitrogen and oxygen atoms in total. The molecule has 0 radical (unpaired) electrons. The fourth-order valence-corrected chi connectivity index (χ4v) is 1.57. The molecular weight excluding hydrogens is 225 g/mol. The third-order valence-electron chi connectivity index (χ3n) is 2.32. The highest BCUT2D eigenvalue weighted by Gasteiger charge is 2.06. The fourth-order valence-electron chi connectivity index (χ4n) is 1.57. The third-order valence-corrected chi connectivity index (χ3v) is 2.32. The van der Waals surface area contributed by atoms with Crippen molar-refractivity contribution in [2.24, 2.45) is 0 Å². The Morgan fingerprint density at radius 3 is 2.88 bits per heavy atom. The number of carbonyl (C=O) groups is 1. The van der Waals surface area contributed by atoms with Crippen LogP contribution in [0.15, 0.2) is 33.5 Å². The van der Waals surface area contributed by atoms with Gasteiger partial charge in [0.25, 0.3) is 0 Å². The minimum Gasteiger partial charge on any atom is -0.423 e. The van der Waals surface area contributed by atoms with Crippen LogP contribution in [0.25, 0.3) is 11.0 Å². The van der Waals surface area contributed by atoms with Crippen molar-refractivity contribution < 1.29 is 13.6 Å². The van der Waals surface area contributed by atoms with Gasteiger partial charge in [0.1, 0.15) is 11.4 Å². The molecule has 88 valence electrons. The molecule has 1 aromatic carbocycles. The molecule has 0 saturated carbocycles. The molecule has 5 heteroatoms. The van der Waals surface area contributed by atoms with Crippen molar-refractivity contribution in [1.29, 1.82) is 0 Å². The molecule has 1 amide bonds. The molecule has 1 aromatic heterocycles. The van der Waals surface area contributed by atoms with Gasteiger partial charge in [-0.2, -0.15) is 0 Å². The number of rotatable bonds is 2. The zero-order chi connectivity index (χ0) is 12.4. The Morgan fingerprint density at radius 2 is 2.18 bits per heavy atom. The van der Waals surface area contributed by atoms with Crippen LogP contribution in [-0.4, -0.2) is 5.91 Å². The lowest BCUT2D eigenvalue weighted by Crippen LogP contribution is -2.20. The monoisotopic (exact) mass is 235 g/mol. The fraction of sp³-hybridized carbons (Fsp3) is 0.167. The van der Waals surface area contributed by atoms with Gasteiger partial charge >= 0.3 is 5.63 Å². The lowest BCUT2D eigenvalue weighted by Gasteiger charge is -2.05. The van der Waals surface area contributed by atoms with E-state index in [1.54, 1.807) is 0 Å². The van der Waals surface area contributed by atoms with Crippen LogP contribution in [0, 0.1) is 5.82 Å². The van der Waals surface area contributed by atoms with Gasteiger partial charge in [-0.15, -0.1) is 0 Å². The van der Waals surface area contributed by atoms with Crippen LogP contribution in [-0.2, 0) is 11.3 Å². The van der Waals surface area contributed by atoms with Gasteiger partial charge in [-0.1, -0.05) is 0 Å². The summed E-state index contributed by atoms with van der Waals surface area (Å²) in [7, 11) is 0. The van der Waals surface area contributed by atoms with E-state index >= 15 is 0 Å². The molecule has 0 fully saturated rings. The number of fused-ring (bicyclic) bond motifs is 1. The molecule has 2 rings (SSSR count). The predicted octanol–water partition coefficient (Wildman–Crippen LogP) is 1.57. The van der Waals surface area contributed by atoms with E-state index in [0.29, 0.717) is 10.9 Å². The summed E-state index contributed by atoms with van der Waals surface area (Å²) in [5, 5.41) is 3.19. The van der Waals surface area contributed by atoms with Gasteiger partial charge in [0.05, 0.1) is 0 Å². The Kier molecular flexibility index (Phi) is 2.91. The van der Waals surface area contributed by atoms with Crippen molar-refractivity contribution >= 4 is 16.9 Å². The summed E-state index contributed by atoms with van der Waals surface area (Å²) >= 11 is 0. The minimum atomic E-state index is -0.566. The van der Waals surface area contributed by atoms with Crippen molar-refractivity contribution in [2.75, 3.05) is 0 Å². The predicted molar refractivity (Wildman–Crippen MR) is 60.0 cm³/mol. The number of halogens is 1. The van der Waals surface area contributed by atoms with E-state index in [-0.39, 0.29) is 18.0 Å². The van der Waals surface area contributed by atoms with E-state index in [1.165, 1.54) is 25.1 Å². The molecule has 0 saturated heterocycles. The minimum absolute atomic E-state index is 0.179. The second-order valence-corrected chi connectivity index (χ2v) is 3.64. The van der Waals surface area contributed by atoms with Crippen LogP contribution >= 0.6 is 0 Å². The Balaban J connectivity index is 2.53. The Hall–Kier alpha value is -2.17. The summed E-state index contributed by atoms with van der Waals surface area (Å²) in [5.74, 6) is -0.675. The number of nitrogens with one attached hydrogen (secondary N) is 1. The molecule has 0 bridgehead atoms. The molecular formula is C12H10FNO3. The number of hydrogen-bond donors (Lipinski definition) is 1. The summed E-state index contributed by atoms with van der Waals surface area (Å²) in [6.07, 6.45) is 0. The highest BCUT2D eigenvalue weighted by molar-refractivity contribution is 5.81.